The molecule has 0 radical (unpaired) electrons. The number of carbonyl (C=O) groups is 3. The third kappa shape index (κ3) is 3.37. The van der Waals surface area contributed by atoms with Crippen molar-refractivity contribution in [2.45, 2.75) is 58.5 Å². The van der Waals surface area contributed by atoms with Gasteiger partial charge in [0.2, 0.25) is 5.91 Å². The molecule has 2 bridgehead atoms. The first-order chi connectivity index (χ1) is 13.4. The number of urea groups is 1. The fourth-order valence-corrected chi connectivity index (χ4v) is 6.55. The Balaban J connectivity index is 1.53. The summed E-state index contributed by atoms with van der Waals surface area (Å²) in [5.41, 5.74) is -0.194. The van der Waals surface area contributed by atoms with E-state index in [2.05, 4.69) is 42.0 Å². The lowest BCUT2D eigenvalue weighted by molar-refractivity contribution is -0.139. The normalized spacial score (nSPS) is 33.2. The van der Waals surface area contributed by atoms with Crippen molar-refractivity contribution in [1.82, 2.24) is 15.1 Å². The van der Waals surface area contributed by atoms with Crippen molar-refractivity contribution in [3.63, 3.8) is 0 Å². The van der Waals surface area contributed by atoms with Gasteiger partial charge >= 0.3 is 6.03 Å². The number of nitrogens with one attached hydrogen (secondary N) is 1. The second kappa shape index (κ2) is 6.56. The van der Waals surface area contributed by atoms with Crippen LogP contribution in [0.4, 0.5) is 4.79 Å². The largest absolute Gasteiger partial charge is 0.338 e. The molecule has 3 aliphatic rings. The van der Waals surface area contributed by atoms with Gasteiger partial charge in [0, 0.05) is 22.6 Å². The average molecular weight is 462 g/mol. The fraction of sp³-hybridized carbons (Fsp3) is 0.591. The molecule has 4 rings (SSSR count). The number of amides is 4. The Morgan fingerprint density at radius 1 is 1.17 bits per heavy atom. The molecule has 156 valence electrons. The number of fused-ring (bicyclic) bond motifs is 2. The van der Waals surface area contributed by atoms with E-state index in [9.17, 15) is 14.4 Å². The van der Waals surface area contributed by atoms with Crippen LogP contribution in [-0.4, -0.2) is 46.8 Å². The molecule has 3 atom stereocenters. The van der Waals surface area contributed by atoms with E-state index < -0.39 is 17.5 Å². The molecule has 4 amide bonds. The van der Waals surface area contributed by atoms with Crippen molar-refractivity contribution in [1.29, 1.82) is 0 Å². The number of imide groups is 1. The van der Waals surface area contributed by atoms with Gasteiger partial charge in [-0.05, 0) is 43.1 Å². The summed E-state index contributed by atoms with van der Waals surface area (Å²) in [6.07, 6.45) is 3.05. The van der Waals surface area contributed by atoms with Gasteiger partial charge in [0.15, 0.2) is 0 Å². The molecule has 0 spiro atoms. The third-order valence-corrected chi connectivity index (χ3v) is 7.41. The minimum absolute atomic E-state index is 0.114. The van der Waals surface area contributed by atoms with Gasteiger partial charge in [-0.25, -0.2) is 4.79 Å². The molecule has 7 heteroatoms. The molecule has 1 aromatic carbocycles. The van der Waals surface area contributed by atoms with E-state index in [1.807, 2.05) is 23.1 Å². The van der Waals surface area contributed by atoms with E-state index in [1.54, 1.807) is 13.0 Å². The summed E-state index contributed by atoms with van der Waals surface area (Å²) in [7, 11) is 0. The van der Waals surface area contributed by atoms with Crippen LogP contribution in [0.25, 0.3) is 0 Å². The molecule has 3 fully saturated rings. The van der Waals surface area contributed by atoms with E-state index in [1.165, 1.54) is 0 Å². The van der Waals surface area contributed by atoms with Crippen molar-refractivity contribution in [3.05, 3.63) is 34.3 Å². The second-order valence-corrected chi connectivity index (χ2v) is 11.0. The van der Waals surface area contributed by atoms with Gasteiger partial charge in [-0.3, -0.25) is 14.5 Å². The summed E-state index contributed by atoms with van der Waals surface area (Å²) in [4.78, 5) is 41.9. The van der Waals surface area contributed by atoms with E-state index in [-0.39, 0.29) is 29.3 Å². The predicted molar refractivity (Wildman–Crippen MR) is 113 cm³/mol. The molecule has 0 aromatic heterocycles. The van der Waals surface area contributed by atoms with Crippen molar-refractivity contribution >= 4 is 33.8 Å². The summed E-state index contributed by atoms with van der Waals surface area (Å²) in [6, 6.07) is 6.99. The molecule has 1 aromatic rings. The van der Waals surface area contributed by atoms with Crippen LogP contribution in [0.15, 0.2) is 28.7 Å². The lowest BCUT2D eigenvalue weighted by atomic mass is 9.65. The van der Waals surface area contributed by atoms with Crippen LogP contribution in [0.5, 0.6) is 0 Å². The van der Waals surface area contributed by atoms with Gasteiger partial charge in [-0.1, -0.05) is 54.9 Å². The number of halogens is 1. The topological polar surface area (TPSA) is 69.7 Å². The van der Waals surface area contributed by atoms with Crippen LogP contribution in [0.3, 0.4) is 0 Å². The van der Waals surface area contributed by atoms with Gasteiger partial charge in [-0.2, -0.15) is 0 Å². The summed E-state index contributed by atoms with van der Waals surface area (Å²) < 4.78 is 0.743. The SMILES string of the molecule is CC1(C)C[C@H]2C[C@@](C)(CN2C(=O)CN2C(=O)N[C@](C)(c3ccccc3Br)C2=O)C1. The first kappa shape index (κ1) is 20.4. The van der Waals surface area contributed by atoms with E-state index >= 15 is 0 Å². The van der Waals surface area contributed by atoms with Crippen molar-refractivity contribution in [2.75, 3.05) is 13.1 Å². The van der Waals surface area contributed by atoms with E-state index in [4.69, 9.17) is 0 Å². The number of nitrogens with zero attached hydrogens (tertiary/aromatic N) is 2. The standard InChI is InChI=1S/C22H28BrN3O3/c1-20(2)9-14-10-21(3,12-20)13-26(14)17(27)11-25-18(28)22(4,24-19(25)29)15-7-5-6-8-16(15)23/h5-8,14H,9-13H2,1-4H3,(H,24,29)/t14-,21+,22+/m0/s1. The summed E-state index contributed by atoms with van der Waals surface area (Å²) >= 11 is 3.46. The molecule has 1 aliphatic carbocycles. The number of benzene rings is 1. The summed E-state index contributed by atoms with van der Waals surface area (Å²) in [6.45, 7) is 8.93. The highest BCUT2D eigenvalue weighted by molar-refractivity contribution is 9.10. The van der Waals surface area contributed by atoms with Crippen LogP contribution in [0, 0.1) is 10.8 Å². The average Bonchev–Trinajstić information content (AvgIpc) is 2.99. The van der Waals surface area contributed by atoms with Gasteiger partial charge < -0.3 is 10.2 Å². The third-order valence-electron chi connectivity index (χ3n) is 6.72. The lowest BCUT2D eigenvalue weighted by Gasteiger charge is -2.39. The van der Waals surface area contributed by atoms with Crippen LogP contribution in [-0.2, 0) is 15.1 Å². The minimum Gasteiger partial charge on any atom is -0.338 e. The van der Waals surface area contributed by atoms with Crippen LogP contribution in [0.2, 0.25) is 0 Å². The molecular formula is C22H28BrN3O3. The maximum atomic E-state index is 13.2. The lowest BCUT2D eigenvalue weighted by Crippen LogP contribution is -2.46. The molecule has 6 nitrogen and oxygen atoms in total. The highest BCUT2D eigenvalue weighted by Gasteiger charge is 2.53. The number of likely N-dealkylation sites (tertiary alicyclic amines) is 1. The maximum Gasteiger partial charge on any atom is 0.325 e. The zero-order valence-corrected chi connectivity index (χ0v) is 19.0. The quantitative estimate of drug-likeness (QED) is 0.698. The minimum atomic E-state index is -1.19. The Labute approximate surface area is 180 Å². The van der Waals surface area contributed by atoms with Gasteiger partial charge in [0.05, 0.1) is 0 Å². The summed E-state index contributed by atoms with van der Waals surface area (Å²) in [5, 5.41) is 2.79. The molecule has 2 aliphatic heterocycles. The Kier molecular flexibility index (Phi) is 4.61. The van der Waals surface area contributed by atoms with E-state index in [0.29, 0.717) is 12.1 Å². The molecule has 2 heterocycles. The molecule has 1 saturated carbocycles. The smallest absolute Gasteiger partial charge is 0.325 e. The van der Waals surface area contributed by atoms with Crippen LogP contribution >= 0.6 is 15.9 Å². The zero-order chi connectivity index (χ0) is 21.2. The van der Waals surface area contributed by atoms with Gasteiger partial charge in [-0.15, -0.1) is 0 Å². The monoisotopic (exact) mass is 461 g/mol. The van der Waals surface area contributed by atoms with Crippen molar-refractivity contribution < 1.29 is 14.4 Å². The highest BCUT2D eigenvalue weighted by Crippen LogP contribution is 2.52. The predicted octanol–water partition coefficient (Wildman–Crippen LogP) is 3.64. The second-order valence-electron chi connectivity index (χ2n) is 10.2. The first-order valence-electron chi connectivity index (χ1n) is 10.1. The number of rotatable bonds is 3. The Hall–Kier alpha value is -1.89. The highest BCUT2D eigenvalue weighted by atomic mass is 79.9. The van der Waals surface area contributed by atoms with Crippen LogP contribution < -0.4 is 5.32 Å². The molecule has 2 saturated heterocycles. The van der Waals surface area contributed by atoms with Crippen molar-refractivity contribution in [2.24, 2.45) is 10.8 Å². The van der Waals surface area contributed by atoms with Crippen molar-refractivity contribution in [3.8, 4) is 0 Å². The maximum absolute atomic E-state index is 13.2. The first-order valence-corrected chi connectivity index (χ1v) is 10.9. The van der Waals surface area contributed by atoms with Gasteiger partial charge in [0.1, 0.15) is 12.1 Å². The number of hydrogen-bond acceptors (Lipinski definition) is 3. The van der Waals surface area contributed by atoms with Gasteiger partial charge in [0.25, 0.3) is 5.91 Å². The van der Waals surface area contributed by atoms with Crippen LogP contribution in [0.1, 0.15) is 52.5 Å². The Morgan fingerprint density at radius 2 is 1.86 bits per heavy atom. The molecular weight excluding hydrogens is 434 g/mol. The summed E-state index contributed by atoms with van der Waals surface area (Å²) in [5.74, 6) is -0.534. The molecule has 1 N–H and O–H groups in total. The number of hydrogen-bond donors (Lipinski definition) is 1. The Bertz CT molecular complexity index is 901. The zero-order valence-electron chi connectivity index (χ0n) is 17.4. The number of carbonyl (C=O) groups excluding carboxylic acids is 3. The fourth-order valence-electron chi connectivity index (χ4n) is 5.87. The Morgan fingerprint density at radius 3 is 2.55 bits per heavy atom. The van der Waals surface area contributed by atoms with E-state index in [0.717, 1.165) is 28.6 Å². The molecule has 29 heavy (non-hydrogen) atoms. The molecule has 0 unspecified atom stereocenters.